The summed E-state index contributed by atoms with van der Waals surface area (Å²) in [5, 5.41) is 10.5. The zero-order valence-electron chi connectivity index (χ0n) is 13.2. The van der Waals surface area contributed by atoms with Crippen LogP contribution in [-0.2, 0) is 13.1 Å². The van der Waals surface area contributed by atoms with Crippen LogP contribution in [0, 0.1) is 0 Å². The molecule has 0 aliphatic rings. The van der Waals surface area contributed by atoms with Crippen molar-refractivity contribution in [2.75, 3.05) is 28.2 Å². The molecule has 0 saturated carbocycles. The molecule has 0 aliphatic heterocycles. The first-order chi connectivity index (χ1) is 9.97. The zero-order chi connectivity index (χ0) is 15.4. The fourth-order valence-corrected chi connectivity index (χ4v) is 2.31. The normalized spacial score (nSPS) is 11.3. The second-order valence-corrected chi connectivity index (χ2v) is 5.81. The van der Waals surface area contributed by atoms with Crippen molar-refractivity contribution in [3.8, 4) is 17.0 Å². The number of hydrogen-bond donors (Lipinski definition) is 1. The standard InChI is InChI=1S/C17H23N3O/c1-19(2)11-14-10-15(12-20(3)4)18-16(17(14)21)13-8-6-5-7-9-13/h5-10,21H,11-12H2,1-4H3. The minimum atomic E-state index is 0.275. The first kappa shape index (κ1) is 15.5. The molecule has 21 heavy (non-hydrogen) atoms. The number of pyridine rings is 1. The van der Waals surface area contributed by atoms with E-state index in [1.54, 1.807) is 0 Å². The molecule has 1 aromatic heterocycles. The molecule has 4 heteroatoms. The molecule has 0 unspecified atom stereocenters. The Morgan fingerprint density at radius 2 is 1.57 bits per heavy atom. The molecule has 2 aromatic rings. The number of aromatic nitrogens is 1. The average molecular weight is 285 g/mol. The molecule has 0 atom stereocenters. The Morgan fingerprint density at radius 1 is 0.952 bits per heavy atom. The quantitative estimate of drug-likeness (QED) is 0.916. The summed E-state index contributed by atoms with van der Waals surface area (Å²) in [6, 6.07) is 11.8. The summed E-state index contributed by atoms with van der Waals surface area (Å²) < 4.78 is 0. The maximum absolute atomic E-state index is 10.5. The van der Waals surface area contributed by atoms with Crippen molar-refractivity contribution in [3.63, 3.8) is 0 Å². The van der Waals surface area contributed by atoms with E-state index in [0.29, 0.717) is 12.2 Å². The third-order valence-electron chi connectivity index (χ3n) is 3.14. The van der Waals surface area contributed by atoms with E-state index in [0.717, 1.165) is 23.4 Å². The van der Waals surface area contributed by atoms with E-state index in [1.807, 2.05) is 69.5 Å². The van der Waals surface area contributed by atoms with Gasteiger partial charge in [0, 0.05) is 24.2 Å². The lowest BCUT2D eigenvalue weighted by atomic mass is 10.1. The van der Waals surface area contributed by atoms with Crippen LogP contribution in [0.4, 0.5) is 0 Å². The fourth-order valence-electron chi connectivity index (χ4n) is 2.31. The van der Waals surface area contributed by atoms with Gasteiger partial charge in [0.25, 0.3) is 0 Å². The van der Waals surface area contributed by atoms with Gasteiger partial charge >= 0.3 is 0 Å². The van der Waals surface area contributed by atoms with Crippen molar-refractivity contribution in [1.29, 1.82) is 0 Å². The largest absolute Gasteiger partial charge is 0.505 e. The van der Waals surface area contributed by atoms with Gasteiger partial charge in [0.05, 0.1) is 5.69 Å². The number of benzene rings is 1. The summed E-state index contributed by atoms with van der Waals surface area (Å²) in [5.74, 6) is 0.275. The maximum Gasteiger partial charge on any atom is 0.146 e. The topological polar surface area (TPSA) is 39.6 Å². The second-order valence-electron chi connectivity index (χ2n) is 5.81. The van der Waals surface area contributed by atoms with Crippen molar-refractivity contribution in [1.82, 2.24) is 14.8 Å². The van der Waals surface area contributed by atoms with Gasteiger partial charge in [-0.3, -0.25) is 0 Å². The molecule has 1 heterocycles. The monoisotopic (exact) mass is 285 g/mol. The van der Waals surface area contributed by atoms with Gasteiger partial charge in [-0.2, -0.15) is 0 Å². The zero-order valence-corrected chi connectivity index (χ0v) is 13.2. The summed E-state index contributed by atoms with van der Waals surface area (Å²) in [5.41, 5.74) is 3.47. The van der Waals surface area contributed by atoms with Crippen LogP contribution in [0.3, 0.4) is 0 Å². The van der Waals surface area contributed by atoms with Crippen molar-refractivity contribution in [3.05, 3.63) is 47.7 Å². The Labute approximate surface area is 126 Å². The van der Waals surface area contributed by atoms with E-state index in [9.17, 15) is 5.11 Å². The molecule has 0 radical (unpaired) electrons. The molecule has 4 nitrogen and oxygen atoms in total. The van der Waals surface area contributed by atoms with Gasteiger partial charge in [-0.25, -0.2) is 4.98 Å². The first-order valence-electron chi connectivity index (χ1n) is 7.04. The van der Waals surface area contributed by atoms with Crippen LogP contribution in [0.5, 0.6) is 5.75 Å². The van der Waals surface area contributed by atoms with Gasteiger partial charge in [-0.15, -0.1) is 0 Å². The van der Waals surface area contributed by atoms with Gasteiger partial charge < -0.3 is 14.9 Å². The predicted molar refractivity (Wildman–Crippen MR) is 86.1 cm³/mol. The summed E-state index contributed by atoms with van der Waals surface area (Å²) in [4.78, 5) is 8.76. The van der Waals surface area contributed by atoms with E-state index in [2.05, 4.69) is 9.88 Å². The fraction of sp³-hybridized carbons (Fsp3) is 0.353. The lowest BCUT2D eigenvalue weighted by molar-refractivity contribution is 0.379. The third kappa shape index (κ3) is 4.03. The summed E-state index contributed by atoms with van der Waals surface area (Å²) in [6.45, 7) is 1.44. The van der Waals surface area contributed by atoms with E-state index >= 15 is 0 Å². The third-order valence-corrected chi connectivity index (χ3v) is 3.14. The highest BCUT2D eigenvalue weighted by Crippen LogP contribution is 2.31. The Bertz CT molecular complexity index is 594. The van der Waals surface area contributed by atoms with E-state index in [1.165, 1.54) is 0 Å². The average Bonchev–Trinajstić information content (AvgIpc) is 2.42. The Balaban J connectivity index is 2.51. The molecule has 0 fully saturated rings. The lowest BCUT2D eigenvalue weighted by Gasteiger charge is -2.17. The van der Waals surface area contributed by atoms with Crippen LogP contribution in [0.2, 0.25) is 0 Å². The SMILES string of the molecule is CN(C)Cc1cc(CN(C)C)c(O)c(-c2ccccc2)n1. The Morgan fingerprint density at radius 3 is 2.14 bits per heavy atom. The van der Waals surface area contributed by atoms with Gasteiger partial charge in [0.1, 0.15) is 11.4 Å². The molecular formula is C17H23N3O. The number of hydrogen-bond acceptors (Lipinski definition) is 4. The highest BCUT2D eigenvalue weighted by atomic mass is 16.3. The summed E-state index contributed by atoms with van der Waals surface area (Å²) >= 11 is 0. The lowest BCUT2D eigenvalue weighted by Crippen LogP contribution is -2.15. The molecule has 1 N–H and O–H groups in total. The predicted octanol–water partition coefficient (Wildman–Crippen LogP) is 2.58. The van der Waals surface area contributed by atoms with Gasteiger partial charge in [0.15, 0.2) is 0 Å². The van der Waals surface area contributed by atoms with Crippen LogP contribution >= 0.6 is 0 Å². The molecule has 112 valence electrons. The van der Waals surface area contributed by atoms with E-state index in [-0.39, 0.29) is 5.75 Å². The highest BCUT2D eigenvalue weighted by Gasteiger charge is 2.14. The molecule has 0 saturated heterocycles. The highest BCUT2D eigenvalue weighted by molar-refractivity contribution is 5.67. The van der Waals surface area contributed by atoms with Crippen LogP contribution in [-0.4, -0.2) is 48.1 Å². The van der Waals surface area contributed by atoms with Crippen LogP contribution < -0.4 is 0 Å². The molecule has 2 rings (SSSR count). The van der Waals surface area contributed by atoms with Crippen LogP contribution in [0.25, 0.3) is 11.3 Å². The number of nitrogens with zero attached hydrogens (tertiary/aromatic N) is 3. The first-order valence-corrected chi connectivity index (χ1v) is 7.04. The molecule has 1 aromatic carbocycles. The van der Waals surface area contributed by atoms with Crippen molar-refractivity contribution in [2.45, 2.75) is 13.1 Å². The molecule has 0 amide bonds. The Kier molecular flexibility index (Phi) is 4.94. The van der Waals surface area contributed by atoms with E-state index in [4.69, 9.17) is 0 Å². The molecule has 0 aliphatic carbocycles. The molecular weight excluding hydrogens is 262 g/mol. The van der Waals surface area contributed by atoms with Gasteiger partial charge in [-0.1, -0.05) is 30.3 Å². The number of rotatable bonds is 5. The summed E-state index contributed by atoms with van der Waals surface area (Å²) in [6.07, 6.45) is 0. The van der Waals surface area contributed by atoms with Crippen molar-refractivity contribution < 1.29 is 5.11 Å². The van der Waals surface area contributed by atoms with Gasteiger partial charge in [-0.05, 0) is 34.3 Å². The number of aromatic hydroxyl groups is 1. The smallest absolute Gasteiger partial charge is 0.146 e. The maximum atomic E-state index is 10.5. The van der Waals surface area contributed by atoms with Crippen molar-refractivity contribution in [2.24, 2.45) is 0 Å². The summed E-state index contributed by atoms with van der Waals surface area (Å²) in [7, 11) is 8.02. The minimum Gasteiger partial charge on any atom is -0.505 e. The van der Waals surface area contributed by atoms with E-state index < -0.39 is 0 Å². The minimum absolute atomic E-state index is 0.275. The van der Waals surface area contributed by atoms with Crippen molar-refractivity contribution >= 4 is 0 Å². The Hall–Kier alpha value is -1.91. The molecule has 0 spiro atoms. The molecule has 0 bridgehead atoms. The second kappa shape index (κ2) is 6.70. The van der Waals surface area contributed by atoms with Gasteiger partial charge in [0.2, 0.25) is 0 Å². The van der Waals surface area contributed by atoms with Crippen LogP contribution in [0.15, 0.2) is 36.4 Å². The van der Waals surface area contributed by atoms with Crippen LogP contribution in [0.1, 0.15) is 11.3 Å².